The zero-order valence-corrected chi connectivity index (χ0v) is 12.0. The molecule has 4 nitrogen and oxygen atoms in total. The van der Waals surface area contributed by atoms with Crippen LogP contribution in [0.5, 0.6) is 0 Å². The van der Waals surface area contributed by atoms with Crippen molar-refractivity contribution in [3.05, 3.63) is 28.7 Å². The van der Waals surface area contributed by atoms with Crippen molar-refractivity contribution in [1.82, 2.24) is 5.32 Å². The molecule has 3 fully saturated rings. The molecule has 2 heterocycles. The van der Waals surface area contributed by atoms with Crippen molar-refractivity contribution in [3.63, 3.8) is 0 Å². The molecule has 100 valence electrons. The quantitative estimate of drug-likeness (QED) is 0.822. The second-order valence-corrected chi connectivity index (χ2v) is 6.23. The van der Waals surface area contributed by atoms with Crippen LogP contribution in [-0.4, -0.2) is 17.4 Å². The van der Waals surface area contributed by atoms with Crippen molar-refractivity contribution >= 4 is 33.4 Å². The van der Waals surface area contributed by atoms with Gasteiger partial charge in [0.15, 0.2) is 0 Å². The Labute approximate surface area is 120 Å². The van der Waals surface area contributed by atoms with Crippen molar-refractivity contribution in [1.29, 1.82) is 0 Å². The van der Waals surface area contributed by atoms with E-state index in [4.69, 9.17) is 0 Å². The van der Waals surface area contributed by atoms with Gasteiger partial charge in [-0.25, -0.2) is 0 Å². The first kappa shape index (κ1) is 12.7. The van der Waals surface area contributed by atoms with Gasteiger partial charge < -0.3 is 5.32 Å². The summed E-state index contributed by atoms with van der Waals surface area (Å²) in [6.45, 7) is 0. The van der Waals surface area contributed by atoms with Crippen molar-refractivity contribution in [3.8, 4) is 0 Å². The van der Waals surface area contributed by atoms with Gasteiger partial charge >= 0.3 is 0 Å². The number of halogens is 1. The van der Waals surface area contributed by atoms with Crippen LogP contribution < -0.4 is 10.6 Å². The van der Waals surface area contributed by atoms with E-state index in [9.17, 15) is 9.59 Å². The van der Waals surface area contributed by atoms with Crippen LogP contribution in [0.2, 0.25) is 0 Å². The molecular weight excluding hydrogens is 308 g/mol. The average molecular weight is 323 g/mol. The van der Waals surface area contributed by atoms with E-state index in [1.807, 2.05) is 24.3 Å². The molecular formula is C14H15BrN2O2. The molecule has 1 saturated carbocycles. The Morgan fingerprint density at radius 2 is 2.00 bits per heavy atom. The molecule has 2 bridgehead atoms. The van der Waals surface area contributed by atoms with Crippen LogP contribution in [0, 0.1) is 5.92 Å². The van der Waals surface area contributed by atoms with E-state index >= 15 is 0 Å². The van der Waals surface area contributed by atoms with Gasteiger partial charge in [-0.3, -0.25) is 14.9 Å². The summed E-state index contributed by atoms with van der Waals surface area (Å²) in [5.74, 6) is -0.290. The van der Waals surface area contributed by atoms with Crippen LogP contribution in [0.25, 0.3) is 0 Å². The minimum atomic E-state index is -0.635. The van der Waals surface area contributed by atoms with E-state index in [0.717, 1.165) is 23.0 Å². The van der Waals surface area contributed by atoms with E-state index in [1.165, 1.54) is 0 Å². The van der Waals surface area contributed by atoms with E-state index in [2.05, 4.69) is 26.6 Å². The first-order valence-electron chi connectivity index (χ1n) is 6.48. The second-order valence-electron chi connectivity index (χ2n) is 5.31. The number of anilines is 1. The lowest BCUT2D eigenvalue weighted by Crippen LogP contribution is -2.51. The van der Waals surface area contributed by atoms with Crippen molar-refractivity contribution < 1.29 is 9.59 Å². The highest BCUT2D eigenvalue weighted by Gasteiger charge is 2.47. The number of imide groups is 1. The lowest BCUT2D eigenvalue weighted by Gasteiger charge is -2.35. The summed E-state index contributed by atoms with van der Waals surface area (Å²) in [5, 5.41) is 5.87. The maximum absolute atomic E-state index is 12.3. The zero-order valence-electron chi connectivity index (χ0n) is 10.4. The summed E-state index contributed by atoms with van der Waals surface area (Å²) in [6.07, 6.45) is 2.97. The maximum atomic E-state index is 12.3. The summed E-state index contributed by atoms with van der Waals surface area (Å²) in [5.41, 5.74) is 0.265. The third-order valence-corrected chi connectivity index (χ3v) is 4.58. The van der Waals surface area contributed by atoms with Crippen LogP contribution in [0.4, 0.5) is 5.69 Å². The van der Waals surface area contributed by atoms with Gasteiger partial charge in [-0.2, -0.15) is 0 Å². The lowest BCUT2D eigenvalue weighted by atomic mass is 9.77. The molecule has 0 aromatic heterocycles. The number of hydrogen-bond acceptors (Lipinski definition) is 3. The normalized spacial score (nSPS) is 29.8. The molecule has 0 atom stereocenters. The van der Waals surface area contributed by atoms with Crippen molar-refractivity contribution in [2.45, 2.75) is 31.2 Å². The van der Waals surface area contributed by atoms with Gasteiger partial charge in [0.25, 0.3) is 5.91 Å². The minimum absolute atomic E-state index is 0.00360. The second kappa shape index (κ2) is 4.63. The number of fused-ring (bicyclic) bond motifs is 4. The molecule has 19 heavy (non-hydrogen) atoms. The summed E-state index contributed by atoms with van der Waals surface area (Å²) < 4.78 is 0.965. The molecule has 2 N–H and O–H groups in total. The topological polar surface area (TPSA) is 58.2 Å². The molecule has 0 unspecified atom stereocenters. The van der Waals surface area contributed by atoms with E-state index in [-0.39, 0.29) is 17.7 Å². The molecule has 1 aliphatic carbocycles. The fraction of sp³-hybridized carbons (Fsp3) is 0.429. The average Bonchev–Trinajstić information content (AvgIpc) is 2.56. The minimum Gasteiger partial charge on any atom is -0.371 e. The highest BCUT2D eigenvalue weighted by Crippen LogP contribution is 2.38. The molecule has 1 aromatic rings. The Hall–Kier alpha value is -1.36. The van der Waals surface area contributed by atoms with E-state index in [1.54, 1.807) is 0 Å². The zero-order chi connectivity index (χ0) is 13.5. The summed E-state index contributed by atoms with van der Waals surface area (Å²) >= 11 is 3.42. The van der Waals surface area contributed by atoms with E-state index < -0.39 is 5.54 Å². The number of hydrogen-bond donors (Lipinski definition) is 2. The number of carbonyl (C=O) groups is 2. The maximum Gasteiger partial charge on any atom is 0.252 e. The molecule has 0 spiro atoms. The summed E-state index contributed by atoms with van der Waals surface area (Å²) in [4.78, 5) is 24.1. The smallest absolute Gasteiger partial charge is 0.252 e. The van der Waals surface area contributed by atoms with Gasteiger partial charge in [-0.15, -0.1) is 0 Å². The highest BCUT2D eigenvalue weighted by molar-refractivity contribution is 9.10. The molecule has 5 heteroatoms. The summed E-state index contributed by atoms with van der Waals surface area (Å²) in [6, 6.07) is 7.75. The van der Waals surface area contributed by atoms with Gasteiger partial charge in [0.05, 0.1) is 0 Å². The molecule has 2 saturated heterocycles. The van der Waals surface area contributed by atoms with Crippen molar-refractivity contribution in [2.75, 3.05) is 5.32 Å². The molecule has 0 radical (unpaired) electrons. The van der Waals surface area contributed by atoms with Gasteiger partial charge in [-0.1, -0.05) is 22.0 Å². The summed E-state index contributed by atoms with van der Waals surface area (Å²) in [7, 11) is 0. The fourth-order valence-corrected chi connectivity index (χ4v) is 3.36. The predicted octanol–water partition coefficient (Wildman–Crippen LogP) is 2.45. The van der Waals surface area contributed by atoms with Crippen LogP contribution in [0.1, 0.15) is 25.7 Å². The standard InChI is InChI=1S/C14H15BrN2O2/c15-10-2-1-3-11(8-10)17-14-6-4-9(5-7-14)12(18)16-13(14)19/h1-3,8-9,17H,4-7H2,(H,16,18,19). The monoisotopic (exact) mass is 322 g/mol. The predicted molar refractivity (Wildman–Crippen MR) is 75.6 cm³/mol. The van der Waals surface area contributed by atoms with Gasteiger partial charge in [0, 0.05) is 16.1 Å². The lowest BCUT2D eigenvalue weighted by molar-refractivity contribution is -0.132. The Kier molecular flexibility index (Phi) is 3.09. The Balaban J connectivity index is 1.89. The highest BCUT2D eigenvalue weighted by atomic mass is 79.9. The largest absolute Gasteiger partial charge is 0.371 e. The van der Waals surface area contributed by atoms with Crippen LogP contribution in [0.3, 0.4) is 0 Å². The first-order chi connectivity index (χ1) is 9.09. The van der Waals surface area contributed by atoms with Crippen LogP contribution >= 0.6 is 15.9 Å². The van der Waals surface area contributed by atoms with Crippen LogP contribution in [-0.2, 0) is 9.59 Å². The Morgan fingerprint density at radius 3 is 2.68 bits per heavy atom. The Bertz CT molecular complexity index is 536. The molecule has 3 aliphatic rings. The third kappa shape index (κ3) is 2.27. The van der Waals surface area contributed by atoms with Gasteiger partial charge in [0.2, 0.25) is 5.91 Å². The SMILES string of the molecule is O=C1NC(=O)C2(Nc3cccc(Br)c3)CCC1CC2. The third-order valence-electron chi connectivity index (χ3n) is 4.09. The molecule has 2 aliphatic heterocycles. The number of amides is 2. The number of rotatable bonds is 2. The number of nitrogens with one attached hydrogen (secondary N) is 2. The van der Waals surface area contributed by atoms with Crippen LogP contribution in [0.15, 0.2) is 28.7 Å². The first-order valence-corrected chi connectivity index (χ1v) is 7.27. The van der Waals surface area contributed by atoms with E-state index in [0.29, 0.717) is 12.8 Å². The number of benzene rings is 1. The van der Waals surface area contributed by atoms with Gasteiger partial charge in [0.1, 0.15) is 5.54 Å². The fourth-order valence-electron chi connectivity index (χ4n) is 2.96. The van der Waals surface area contributed by atoms with Crippen molar-refractivity contribution in [2.24, 2.45) is 5.92 Å². The molecule has 1 aromatic carbocycles. The molecule has 4 rings (SSSR count). The molecule has 2 amide bonds. The Morgan fingerprint density at radius 1 is 1.26 bits per heavy atom. The van der Waals surface area contributed by atoms with Gasteiger partial charge in [-0.05, 0) is 43.9 Å². The number of carbonyl (C=O) groups excluding carboxylic acids is 2.